The normalized spacial score (nSPS) is 11.4. The minimum absolute atomic E-state index is 0.207. The lowest BCUT2D eigenvalue weighted by Gasteiger charge is -2.08. The van der Waals surface area contributed by atoms with Crippen molar-refractivity contribution in [2.24, 2.45) is 5.92 Å². The second-order valence-electron chi connectivity index (χ2n) is 4.52. The van der Waals surface area contributed by atoms with E-state index >= 15 is 0 Å². The third-order valence-corrected chi connectivity index (χ3v) is 2.10. The summed E-state index contributed by atoms with van der Waals surface area (Å²) in [5.41, 5.74) is 1.49. The van der Waals surface area contributed by atoms with Crippen molar-refractivity contribution in [1.29, 1.82) is 0 Å². The highest BCUT2D eigenvalue weighted by molar-refractivity contribution is 5.83. The van der Waals surface area contributed by atoms with Crippen LogP contribution in [0.25, 0.3) is 0 Å². The molecule has 18 heavy (non-hydrogen) atoms. The van der Waals surface area contributed by atoms with E-state index in [9.17, 15) is 4.79 Å². The molecular formula is C14H19NO3. The van der Waals surface area contributed by atoms with Crippen LogP contribution >= 0.6 is 0 Å². The SMILES string of the molecule is C/C(=C/C(=O)OCC(C)C)Nc1ccc(O)cc1. The molecule has 0 aliphatic heterocycles. The number of ether oxygens (including phenoxy) is 1. The van der Waals surface area contributed by atoms with Gasteiger partial charge in [0.2, 0.25) is 0 Å². The molecule has 0 saturated heterocycles. The number of hydrogen-bond acceptors (Lipinski definition) is 4. The van der Waals surface area contributed by atoms with Gasteiger partial charge in [0.25, 0.3) is 0 Å². The number of aromatic hydroxyl groups is 1. The summed E-state index contributed by atoms with van der Waals surface area (Å²) >= 11 is 0. The molecule has 0 aromatic heterocycles. The molecule has 4 heteroatoms. The minimum Gasteiger partial charge on any atom is -0.508 e. The van der Waals surface area contributed by atoms with Crippen LogP contribution in [0.4, 0.5) is 5.69 Å². The number of phenols is 1. The Balaban J connectivity index is 2.51. The highest BCUT2D eigenvalue weighted by Crippen LogP contribution is 2.15. The van der Waals surface area contributed by atoms with Gasteiger partial charge in [-0.25, -0.2) is 4.79 Å². The average Bonchev–Trinajstić information content (AvgIpc) is 2.29. The van der Waals surface area contributed by atoms with Crippen molar-refractivity contribution in [3.8, 4) is 5.75 Å². The molecule has 0 bridgehead atoms. The number of phenolic OH excluding ortho intramolecular Hbond substituents is 1. The Morgan fingerprint density at radius 2 is 2.00 bits per heavy atom. The van der Waals surface area contributed by atoms with Gasteiger partial charge >= 0.3 is 5.97 Å². The Morgan fingerprint density at radius 3 is 2.56 bits per heavy atom. The molecule has 0 saturated carbocycles. The molecular weight excluding hydrogens is 230 g/mol. The Labute approximate surface area is 107 Å². The van der Waals surface area contributed by atoms with E-state index in [1.54, 1.807) is 31.2 Å². The number of anilines is 1. The topological polar surface area (TPSA) is 58.6 Å². The van der Waals surface area contributed by atoms with Crippen LogP contribution in [0.1, 0.15) is 20.8 Å². The first-order chi connectivity index (χ1) is 8.47. The largest absolute Gasteiger partial charge is 0.508 e. The molecule has 0 aliphatic rings. The summed E-state index contributed by atoms with van der Waals surface area (Å²) in [7, 11) is 0. The van der Waals surface area contributed by atoms with Crippen molar-refractivity contribution in [1.82, 2.24) is 0 Å². The Kier molecular flexibility index (Phi) is 5.24. The summed E-state index contributed by atoms with van der Waals surface area (Å²) in [5, 5.41) is 12.2. The van der Waals surface area contributed by atoms with E-state index in [0.29, 0.717) is 18.2 Å². The number of benzene rings is 1. The van der Waals surface area contributed by atoms with Crippen LogP contribution in [0, 0.1) is 5.92 Å². The van der Waals surface area contributed by atoms with E-state index in [4.69, 9.17) is 9.84 Å². The first kappa shape index (κ1) is 14.1. The number of rotatable bonds is 5. The van der Waals surface area contributed by atoms with Crippen LogP contribution in [-0.2, 0) is 9.53 Å². The van der Waals surface area contributed by atoms with Crippen LogP contribution in [0.5, 0.6) is 5.75 Å². The molecule has 1 aromatic carbocycles. The first-order valence-corrected chi connectivity index (χ1v) is 5.88. The Hall–Kier alpha value is -1.97. The zero-order valence-electron chi connectivity index (χ0n) is 10.9. The number of hydrogen-bond donors (Lipinski definition) is 2. The van der Waals surface area contributed by atoms with Gasteiger partial charge in [-0.2, -0.15) is 0 Å². The van der Waals surface area contributed by atoms with Crippen LogP contribution in [0.2, 0.25) is 0 Å². The van der Waals surface area contributed by atoms with Crippen LogP contribution in [0.15, 0.2) is 36.0 Å². The molecule has 0 aliphatic carbocycles. The molecule has 1 aromatic rings. The van der Waals surface area contributed by atoms with Gasteiger partial charge in [-0.15, -0.1) is 0 Å². The van der Waals surface area contributed by atoms with Gasteiger partial charge in [0.05, 0.1) is 6.61 Å². The van der Waals surface area contributed by atoms with E-state index in [0.717, 1.165) is 5.69 Å². The van der Waals surface area contributed by atoms with Crippen molar-refractivity contribution < 1.29 is 14.6 Å². The van der Waals surface area contributed by atoms with Gasteiger partial charge in [-0.05, 0) is 37.1 Å². The van der Waals surface area contributed by atoms with Gasteiger partial charge < -0.3 is 15.2 Å². The van der Waals surface area contributed by atoms with Crippen molar-refractivity contribution in [3.63, 3.8) is 0 Å². The third-order valence-electron chi connectivity index (χ3n) is 2.10. The lowest BCUT2D eigenvalue weighted by molar-refractivity contribution is -0.138. The number of allylic oxidation sites excluding steroid dienone is 1. The summed E-state index contributed by atoms with van der Waals surface area (Å²) in [6.45, 7) is 6.17. The highest BCUT2D eigenvalue weighted by atomic mass is 16.5. The predicted octanol–water partition coefficient (Wildman–Crippen LogP) is 2.91. The van der Waals surface area contributed by atoms with Crippen LogP contribution in [-0.4, -0.2) is 17.7 Å². The Morgan fingerprint density at radius 1 is 1.39 bits per heavy atom. The summed E-state index contributed by atoms with van der Waals surface area (Å²) in [4.78, 5) is 11.4. The monoisotopic (exact) mass is 249 g/mol. The first-order valence-electron chi connectivity index (χ1n) is 5.88. The number of carbonyl (C=O) groups excluding carboxylic acids is 1. The van der Waals surface area contributed by atoms with Gasteiger partial charge in [0.15, 0.2) is 0 Å². The van der Waals surface area contributed by atoms with Crippen molar-refractivity contribution in [3.05, 3.63) is 36.0 Å². The van der Waals surface area contributed by atoms with E-state index in [1.807, 2.05) is 13.8 Å². The Bertz CT molecular complexity index is 421. The molecule has 0 heterocycles. The zero-order valence-corrected chi connectivity index (χ0v) is 10.9. The molecule has 4 nitrogen and oxygen atoms in total. The van der Waals surface area contributed by atoms with Gasteiger partial charge in [0, 0.05) is 17.5 Å². The van der Waals surface area contributed by atoms with Crippen molar-refractivity contribution >= 4 is 11.7 Å². The smallest absolute Gasteiger partial charge is 0.332 e. The predicted molar refractivity (Wildman–Crippen MR) is 71.3 cm³/mol. The lowest BCUT2D eigenvalue weighted by Crippen LogP contribution is -2.09. The lowest BCUT2D eigenvalue weighted by atomic mass is 10.2. The number of carbonyl (C=O) groups is 1. The van der Waals surface area contributed by atoms with Crippen LogP contribution in [0.3, 0.4) is 0 Å². The van der Waals surface area contributed by atoms with E-state index < -0.39 is 0 Å². The fourth-order valence-electron chi connectivity index (χ4n) is 1.28. The summed E-state index contributed by atoms with van der Waals surface area (Å²) in [6.07, 6.45) is 1.41. The summed E-state index contributed by atoms with van der Waals surface area (Å²) < 4.78 is 5.04. The standard InChI is InChI=1S/C14H19NO3/c1-10(2)9-18-14(17)8-11(3)15-12-4-6-13(16)7-5-12/h4-8,10,15-16H,9H2,1-3H3/b11-8-. The molecule has 0 atom stereocenters. The molecule has 0 fully saturated rings. The minimum atomic E-state index is -0.354. The molecule has 0 amide bonds. The molecule has 1 rings (SSSR count). The molecule has 0 radical (unpaired) electrons. The van der Waals surface area contributed by atoms with Gasteiger partial charge in [-0.3, -0.25) is 0 Å². The maximum Gasteiger partial charge on any atom is 0.332 e. The summed E-state index contributed by atoms with van der Waals surface area (Å²) in [5.74, 6) is 0.179. The third kappa shape index (κ3) is 5.39. The molecule has 2 N–H and O–H groups in total. The molecule has 0 unspecified atom stereocenters. The fourth-order valence-corrected chi connectivity index (χ4v) is 1.28. The number of esters is 1. The second kappa shape index (κ2) is 6.69. The summed E-state index contributed by atoms with van der Waals surface area (Å²) in [6, 6.07) is 6.61. The second-order valence-corrected chi connectivity index (χ2v) is 4.52. The van der Waals surface area contributed by atoms with Gasteiger partial charge in [-0.1, -0.05) is 13.8 Å². The molecule has 98 valence electrons. The molecule has 0 spiro atoms. The van der Waals surface area contributed by atoms with Crippen LogP contribution < -0.4 is 5.32 Å². The van der Waals surface area contributed by atoms with Crippen molar-refractivity contribution in [2.75, 3.05) is 11.9 Å². The maximum atomic E-state index is 11.4. The fraction of sp³-hybridized carbons (Fsp3) is 0.357. The maximum absolute atomic E-state index is 11.4. The van der Waals surface area contributed by atoms with Gasteiger partial charge in [0.1, 0.15) is 5.75 Å². The number of nitrogens with one attached hydrogen (secondary N) is 1. The van der Waals surface area contributed by atoms with E-state index in [1.165, 1.54) is 6.08 Å². The van der Waals surface area contributed by atoms with Crippen molar-refractivity contribution in [2.45, 2.75) is 20.8 Å². The zero-order chi connectivity index (χ0) is 13.5. The highest BCUT2D eigenvalue weighted by Gasteiger charge is 2.02. The average molecular weight is 249 g/mol. The van der Waals surface area contributed by atoms with E-state index in [2.05, 4.69) is 5.32 Å². The quantitative estimate of drug-likeness (QED) is 0.478. The van der Waals surface area contributed by atoms with E-state index in [-0.39, 0.29) is 11.7 Å².